The van der Waals surface area contributed by atoms with Crippen LogP contribution < -0.4 is 0 Å². The fourth-order valence-corrected chi connectivity index (χ4v) is 8.89. The number of hydrogen-bond acceptors (Lipinski definition) is 1. The Kier molecular flexibility index (Phi) is 13.5. The normalized spacial score (nSPS) is 14.2. The zero-order chi connectivity index (χ0) is 19.3. The van der Waals surface area contributed by atoms with Crippen LogP contribution in [-0.4, -0.2) is 31.8 Å². The predicted molar refractivity (Wildman–Crippen MR) is 115 cm³/mol. The van der Waals surface area contributed by atoms with Crippen molar-refractivity contribution in [1.29, 1.82) is 0 Å². The first-order valence-electron chi connectivity index (χ1n) is 10.6. The van der Waals surface area contributed by atoms with Gasteiger partial charge in [-0.1, -0.05) is 0 Å². The first-order valence-corrected chi connectivity index (χ1v) is 13.4. The summed E-state index contributed by atoms with van der Waals surface area (Å²) >= 11 is -0.877. The average Bonchev–Trinajstić information content (AvgIpc) is 2.55. The average molecular weight is 455 g/mol. The van der Waals surface area contributed by atoms with Gasteiger partial charge in [-0.2, -0.15) is 0 Å². The Morgan fingerprint density at radius 2 is 1.36 bits per heavy atom. The summed E-state index contributed by atoms with van der Waals surface area (Å²) < 4.78 is 1.74. The van der Waals surface area contributed by atoms with E-state index in [9.17, 15) is 5.11 Å². The van der Waals surface area contributed by atoms with E-state index in [1.54, 1.807) is 0 Å². The molecule has 0 aromatic rings. The van der Waals surface area contributed by atoms with E-state index in [2.05, 4.69) is 47.3 Å². The van der Waals surface area contributed by atoms with Crippen LogP contribution >= 0.6 is 0 Å². The van der Waals surface area contributed by atoms with Crippen molar-refractivity contribution >= 4 is 21.1 Å². The van der Waals surface area contributed by atoms with Gasteiger partial charge in [0, 0.05) is 0 Å². The van der Waals surface area contributed by atoms with Crippen LogP contribution in [0, 0.1) is 0 Å². The van der Waals surface area contributed by atoms with Crippen molar-refractivity contribution in [3.63, 3.8) is 0 Å². The van der Waals surface area contributed by atoms with Crippen molar-refractivity contribution in [2.24, 2.45) is 0 Å². The van der Waals surface area contributed by atoms with Gasteiger partial charge in [-0.15, -0.1) is 0 Å². The van der Waals surface area contributed by atoms with E-state index in [0.29, 0.717) is 3.43 Å². The molecule has 1 nitrogen and oxygen atoms in total. The molecule has 0 amide bonds. The Labute approximate surface area is 169 Å². The minimum absolute atomic E-state index is 0.517. The molecule has 0 aliphatic carbocycles. The predicted octanol–water partition coefficient (Wildman–Crippen LogP) is 7.43. The van der Waals surface area contributed by atoms with Crippen molar-refractivity contribution in [3.8, 4) is 0 Å². The van der Waals surface area contributed by atoms with E-state index in [0.717, 1.165) is 12.8 Å². The third-order valence-corrected chi connectivity index (χ3v) is 11.3. The first-order chi connectivity index (χ1) is 11.7. The zero-order valence-electron chi connectivity index (χ0n) is 18.0. The molecule has 0 aliphatic heterocycles. The van der Waals surface area contributed by atoms with Gasteiger partial charge in [0.1, 0.15) is 0 Å². The molecule has 146 valence electrons. The first kappa shape index (κ1) is 25.2. The molecule has 0 spiro atoms. The van der Waals surface area contributed by atoms with Gasteiger partial charge < -0.3 is 0 Å². The third-order valence-electron chi connectivity index (χ3n) is 5.28. The third kappa shape index (κ3) is 10.9. The van der Waals surface area contributed by atoms with E-state index >= 15 is 0 Å². The molecule has 0 aromatic heterocycles. The molecule has 2 heteroatoms. The monoisotopic (exact) mass is 456 g/mol. The van der Waals surface area contributed by atoms with Gasteiger partial charge in [-0.25, -0.2) is 0 Å². The van der Waals surface area contributed by atoms with Crippen molar-refractivity contribution in [2.75, 3.05) is 0 Å². The Morgan fingerprint density at radius 1 is 0.920 bits per heavy atom. The Morgan fingerprint density at radius 3 is 1.72 bits per heavy atom. The number of aliphatic hydroxyl groups is 1. The number of allylic oxidation sites excluding steroid dienone is 2. The summed E-state index contributed by atoms with van der Waals surface area (Å²) in [6, 6.07) is 0. The second-order valence-electron chi connectivity index (χ2n) is 8.29. The summed E-state index contributed by atoms with van der Waals surface area (Å²) in [5.41, 5.74) is 0.665. The molecule has 0 saturated heterocycles. The molecule has 1 unspecified atom stereocenters. The van der Waals surface area contributed by atoms with Crippen LogP contribution in [0.25, 0.3) is 0 Å². The van der Waals surface area contributed by atoms with Gasteiger partial charge in [0.05, 0.1) is 0 Å². The van der Waals surface area contributed by atoms with Gasteiger partial charge in [0.2, 0.25) is 0 Å². The Hall–Kier alpha value is 0.239. The molecular weight excluding hydrogens is 411 g/mol. The van der Waals surface area contributed by atoms with Gasteiger partial charge >= 0.3 is 169 Å². The fraction of sp³-hybridized carbons (Fsp3) is 0.826. The summed E-state index contributed by atoms with van der Waals surface area (Å²) in [4.78, 5) is 0. The van der Waals surface area contributed by atoms with Crippen molar-refractivity contribution in [1.82, 2.24) is 0 Å². The van der Waals surface area contributed by atoms with Crippen molar-refractivity contribution in [3.05, 3.63) is 21.8 Å². The number of rotatable bonds is 15. The molecule has 0 heterocycles. The SMILES string of the molecule is C=[C]([Sn][C](CCCC)(CCCC)CCCC)C(C)(O)CCC=C(C)C. The molecule has 1 N–H and O–H groups in total. The molecule has 0 aliphatic rings. The van der Waals surface area contributed by atoms with Crippen LogP contribution in [-0.2, 0) is 0 Å². The summed E-state index contributed by atoms with van der Waals surface area (Å²) in [5.74, 6) is 0. The van der Waals surface area contributed by atoms with E-state index in [1.807, 2.05) is 6.92 Å². The maximum atomic E-state index is 11.0. The summed E-state index contributed by atoms with van der Waals surface area (Å²) in [5, 5.41) is 11.0. The number of unbranched alkanes of at least 4 members (excludes halogenated alkanes) is 3. The van der Waals surface area contributed by atoms with Crippen LogP contribution in [0.3, 0.4) is 0 Å². The molecule has 1 atom stereocenters. The molecule has 0 rings (SSSR count). The molecule has 0 fully saturated rings. The van der Waals surface area contributed by atoms with Gasteiger partial charge in [-0.05, 0) is 0 Å². The Balaban J connectivity index is 5.14. The second-order valence-corrected chi connectivity index (χ2v) is 13.8. The molecule has 25 heavy (non-hydrogen) atoms. The van der Waals surface area contributed by atoms with Crippen LogP contribution in [0.4, 0.5) is 0 Å². The summed E-state index contributed by atoms with van der Waals surface area (Å²) in [6.45, 7) is 17.6. The number of hydrogen-bond donors (Lipinski definition) is 1. The van der Waals surface area contributed by atoms with Crippen LogP contribution in [0.5, 0.6) is 0 Å². The maximum absolute atomic E-state index is 11.0. The van der Waals surface area contributed by atoms with Gasteiger partial charge in [0.15, 0.2) is 0 Å². The van der Waals surface area contributed by atoms with E-state index in [4.69, 9.17) is 0 Å². The molecular formula is C23H44OSn. The Bertz CT molecular complexity index is 369. The minimum atomic E-state index is -0.877. The van der Waals surface area contributed by atoms with Crippen LogP contribution in [0.2, 0.25) is 3.43 Å². The second kappa shape index (κ2) is 13.4. The van der Waals surface area contributed by atoms with Gasteiger partial charge in [0.25, 0.3) is 0 Å². The van der Waals surface area contributed by atoms with Gasteiger partial charge in [-0.3, -0.25) is 0 Å². The van der Waals surface area contributed by atoms with Crippen LogP contribution in [0.15, 0.2) is 21.8 Å². The van der Waals surface area contributed by atoms with E-state index < -0.39 is 26.7 Å². The quantitative estimate of drug-likeness (QED) is 0.201. The standard InChI is InChI=1S/C13H27.C10H17O.Sn/c1-4-7-10-13(11-8-5-2)12-9-6-3;1-5-10(4,11)8-6-7-9(2)3;/h4-12H2,1-3H3;7,11H,1,6,8H2,2-4H3;. The summed E-state index contributed by atoms with van der Waals surface area (Å²) in [7, 11) is 0. The van der Waals surface area contributed by atoms with E-state index in [-0.39, 0.29) is 0 Å². The summed E-state index contributed by atoms with van der Waals surface area (Å²) in [6.07, 6.45) is 15.9. The zero-order valence-corrected chi connectivity index (χ0v) is 20.9. The topological polar surface area (TPSA) is 20.2 Å². The van der Waals surface area contributed by atoms with E-state index in [1.165, 1.54) is 66.9 Å². The van der Waals surface area contributed by atoms with Crippen molar-refractivity contribution < 1.29 is 5.11 Å². The molecule has 0 saturated carbocycles. The molecule has 0 bridgehead atoms. The van der Waals surface area contributed by atoms with Crippen LogP contribution in [0.1, 0.15) is 112 Å². The van der Waals surface area contributed by atoms with Crippen molar-refractivity contribution in [2.45, 2.75) is 121 Å². The molecule has 2 radical (unpaired) electrons. The fourth-order valence-electron chi connectivity index (χ4n) is 3.36. The molecule has 0 aromatic carbocycles.